The fourth-order valence-corrected chi connectivity index (χ4v) is 6.78. The first-order chi connectivity index (χ1) is 16.8. The highest BCUT2D eigenvalue weighted by atomic mass is 32.2. The number of nitrogens with two attached hydrogens (primary N) is 1. The van der Waals surface area contributed by atoms with Crippen LogP contribution < -0.4 is 15.2 Å². The topological polar surface area (TPSA) is 142 Å². The largest absolute Gasteiger partial charge is 0.476 e. The van der Waals surface area contributed by atoms with Crippen LogP contribution in [0.4, 0.5) is 10.9 Å². The maximum absolute atomic E-state index is 13.5. The predicted molar refractivity (Wildman–Crippen MR) is 131 cm³/mol. The molecular formula is C22H23N6O5S2+. The zero-order valence-corrected chi connectivity index (χ0v) is 20.6. The van der Waals surface area contributed by atoms with Gasteiger partial charge in [0.25, 0.3) is 16.8 Å². The van der Waals surface area contributed by atoms with Crippen molar-refractivity contribution in [3.05, 3.63) is 40.2 Å². The summed E-state index contributed by atoms with van der Waals surface area (Å²) in [4.78, 5) is 50.2. The Balaban J connectivity index is 1.56. The summed E-state index contributed by atoms with van der Waals surface area (Å²) in [6.07, 6.45) is 3.75. The Morgan fingerprint density at radius 2 is 2.20 bits per heavy atom. The van der Waals surface area contributed by atoms with Crippen molar-refractivity contribution in [3.8, 4) is 0 Å². The third-order valence-corrected chi connectivity index (χ3v) is 8.17. The quantitative estimate of drug-likeness (QED) is 0.251. The molecular weight excluding hydrogens is 492 g/mol. The van der Waals surface area contributed by atoms with Crippen molar-refractivity contribution in [1.82, 2.24) is 9.88 Å². The number of thiazole rings is 1. The predicted octanol–water partition coefficient (Wildman–Crippen LogP) is 1.01. The SMILES string of the molecule is CON=CC(=O)N(c1csc(N)n1)C1C(=O)N2C(C(=O)O)=C([n+]3c(C)ccc4c3CCC4)SCC12. The van der Waals surface area contributed by atoms with Gasteiger partial charge in [-0.05, 0) is 18.9 Å². The molecule has 2 aliphatic heterocycles. The highest BCUT2D eigenvalue weighted by Crippen LogP contribution is 2.43. The van der Waals surface area contributed by atoms with Gasteiger partial charge in [-0.15, -0.1) is 11.3 Å². The number of carbonyl (C=O) groups excluding carboxylic acids is 2. The average molecular weight is 516 g/mol. The van der Waals surface area contributed by atoms with Gasteiger partial charge in [-0.1, -0.05) is 16.9 Å². The summed E-state index contributed by atoms with van der Waals surface area (Å²) >= 11 is 2.51. The van der Waals surface area contributed by atoms with Crippen molar-refractivity contribution >= 4 is 63.1 Å². The number of oxime groups is 1. The van der Waals surface area contributed by atoms with Crippen LogP contribution in [-0.2, 0) is 32.1 Å². The van der Waals surface area contributed by atoms with Crippen molar-refractivity contribution in [2.75, 3.05) is 23.5 Å². The van der Waals surface area contributed by atoms with E-state index in [2.05, 4.69) is 21.0 Å². The Morgan fingerprint density at radius 1 is 1.40 bits per heavy atom. The Bertz CT molecular complexity index is 1310. The Hall–Kier alpha value is -3.45. The minimum Gasteiger partial charge on any atom is -0.476 e. The summed E-state index contributed by atoms with van der Waals surface area (Å²) in [6.45, 7) is 1.93. The van der Waals surface area contributed by atoms with Crippen LogP contribution in [0.1, 0.15) is 23.4 Å². The number of carboxylic acids is 1. The zero-order valence-electron chi connectivity index (χ0n) is 19.0. The maximum Gasteiger partial charge on any atom is 0.360 e. The van der Waals surface area contributed by atoms with Gasteiger partial charge in [0.1, 0.15) is 25.2 Å². The van der Waals surface area contributed by atoms with Crippen molar-refractivity contribution in [3.63, 3.8) is 0 Å². The summed E-state index contributed by atoms with van der Waals surface area (Å²) in [5.74, 6) is -1.69. The van der Waals surface area contributed by atoms with Gasteiger partial charge in [0.05, 0.1) is 6.04 Å². The number of nitrogen functional groups attached to an aromatic ring is 1. The highest BCUT2D eigenvalue weighted by molar-refractivity contribution is 8.07. The molecule has 35 heavy (non-hydrogen) atoms. The van der Waals surface area contributed by atoms with Crippen molar-refractivity contribution < 1.29 is 28.9 Å². The molecule has 0 radical (unpaired) electrons. The van der Waals surface area contributed by atoms with Crippen molar-refractivity contribution in [2.45, 2.75) is 38.3 Å². The fraction of sp³-hybridized carbons (Fsp3) is 0.364. The molecule has 3 aliphatic rings. The molecule has 0 spiro atoms. The van der Waals surface area contributed by atoms with Crippen LogP contribution in [0.3, 0.4) is 0 Å². The van der Waals surface area contributed by atoms with Crippen LogP contribution in [0.2, 0.25) is 0 Å². The van der Waals surface area contributed by atoms with Crippen LogP contribution in [0.25, 0.3) is 5.03 Å². The minimum absolute atomic E-state index is 0.0725. The number of fused-ring (bicyclic) bond motifs is 2. The highest BCUT2D eigenvalue weighted by Gasteiger charge is 2.59. The number of carbonyl (C=O) groups is 3. The summed E-state index contributed by atoms with van der Waals surface area (Å²) in [5.41, 5.74) is 8.88. The number of anilines is 2. The molecule has 0 saturated carbocycles. The van der Waals surface area contributed by atoms with E-state index in [0.717, 1.165) is 48.2 Å². The van der Waals surface area contributed by atoms with Crippen molar-refractivity contribution in [1.29, 1.82) is 0 Å². The fourth-order valence-electron chi connectivity index (χ4n) is 4.87. The number of hydrogen-bond acceptors (Lipinski definition) is 9. The number of amides is 2. The van der Waals surface area contributed by atoms with Crippen LogP contribution in [0, 0.1) is 6.92 Å². The van der Waals surface area contributed by atoms with Crippen LogP contribution in [-0.4, -0.2) is 63.9 Å². The van der Waals surface area contributed by atoms with E-state index < -0.39 is 29.9 Å². The zero-order chi connectivity index (χ0) is 24.9. The second-order valence-corrected chi connectivity index (χ2v) is 10.2. The third kappa shape index (κ3) is 3.74. The lowest BCUT2D eigenvalue weighted by Gasteiger charge is -2.51. The smallest absolute Gasteiger partial charge is 0.360 e. The molecule has 4 heterocycles. The number of rotatable bonds is 6. The molecule has 2 atom stereocenters. The second-order valence-electron chi connectivity index (χ2n) is 8.30. The maximum atomic E-state index is 13.5. The van der Waals surface area contributed by atoms with E-state index in [1.807, 2.05) is 17.6 Å². The van der Waals surface area contributed by atoms with E-state index in [4.69, 9.17) is 5.73 Å². The molecule has 0 aromatic carbocycles. The number of β-lactam (4-membered cyclic amide) rings is 1. The number of aryl methyl sites for hydroxylation is 2. The minimum atomic E-state index is -1.19. The molecule has 2 aromatic heterocycles. The molecule has 3 N–H and O–H groups in total. The molecule has 13 heteroatoms. The molecule has 2 aromatic rings. The molecule has 0 bridgehead atoms. The van der Waals surface area contributed by atoms with E-state index in [9.17, 15) is 19.5 Å². The molecule has 182 valence electrons. The van der Waals surface area contributed by atoms with Gasteiger partial charge in [-0.25, -0.2) is 9.78 Å². The van der Waals surface area contributed by atoms with Crippen LogP contribution >= 0.6 is 23.1 Å². The Morgan fingerprint density at radius 3 is 2.89 bits per heavy atom. The lowest BCUT2D eigenvalue weighted by molar-refractivity contribution is -0.590. The number of carboxylic acid groups (broad SMARTS) is 1. The van der Waals surface area contributed by atoms with E-state index >= 15 is 0 Å². The number of thioether (sulfide) groups is 1. The lowest BCUT2D eigenvalue weighted by Crippen LogP contribution is -2.74. The number of aliphatic carboxylic acids is 1. The van der Waals surface area contributed by atoms with E-state index in [0.29, 0.717) is 10.8 Å². The first-order valence-electron chi connectivity index (χ1n) is 10.9. The van der Waals surface area contributed by atoms with E-state index in [1.165, 1.54) is 34.2 Å². The van der Waals surface area contributed by atoms with E-state index in [1.54, 1.807) is 5.38 Å². The molecule has 1 aliphatic carbocycles. The van der Waals surface area contributed by atoms with Gasteiger partial charge < -0.3 is 15.7 Å². The van der Waals surface area contributed by atoms with E-state index in [-0.39, 0.29) is 16.6 Å². The molecule has 11 nitrogen and oxygen atoms in total. The van der Waals surface area contributed by atoms with Gasteiger partial charge in [-0.2, -0.15) is 4.57 Å². The first-order valence-corrected chi connectivity index (χ1v) is 12.8. The second kappa shape index (κ2) is 8.96. The Kier molecular flexibility index (Phi) is 5.97. The monoisotopic (exact) mass is 515 g/mol. The lowest BCUT2D eigenvalue weighted by atomic mass is 9.93. The van der Waals surface area contributed by atoms with Crippen LogP contribution in [0.5, 0.6) is 0 Å². The summed E-state index contributed by atoms with van der Waals surface area (Å²) in [6, 6.07) is 2.57. The third-order valence-electron chi connectivity index (χ3n) is 6.35. The molecule has 5 rings (SSSR count). The number of hydrogen-bond donors (Lipinski definition) is 2. The summed E-state index contributed by atoms with van der Waals surface area (Å²) in [7, 11) is 1.30. The molecule has 1 saturated heterocycles. The summed E-state index contributed by atoms with van der Waals surface area (Å²) in [5, 5.41) is 16.1. The molecule has 1 fully saturated rings. The normalized spacial score (nSPS) is 21.1. The van der Waals surface area contributed by atoms with Gasteiger partial charge in [0, 0.05) is 36.1 Å². The van der Waals surface area contributed by atoms with Gasteiger partial charge in [0.2, 0.25) is 5.70 Å². The average Bonchev–Trinajstić information content (AvgIpc) is 3.48. The van der Waals surface area contributed by atoms with Gasteiger partial charge in [-0.3, -0.25) is 19.4 Å². The number of nitrogens with zero attached hydrogens (tertiary/aromatic N) is 5. The standard InChI is InChI=1S/C22H22N6O5S2/c1-11-6-7-12-4-3-5-13(12)26(11)20-18(21(31)32)27-14(9-34-20)17(19(27)30)28(16(29)8-24-33-2)15-10-35-22(23)25-15/h6-8,10,14,17H,3-5,9H2,1-2H3,(H2-,23,25,31,32)/p+1. The number of pyridine rings is 1. The van der Waals surface area contributed by atoms with Crippen LogP contribution in [0.15, 0.2) is 28.4 Å². The van der Waals surface area contributed by atoms with Gasteiger partial charge in [0.15, 0.2) is 16.5 Å². The van der Waals surface area contributed by atoms with Crippen molar-refractivity contribution in [2.24, 2.45) is 5.16 Å². The number of aromatic nitrogens is 2. The summed E-state index contributed by atoms with van der Waals surface area (Å²) < 4.78 is 1.97. The first kappa shape index (κ1) is 23.3. The Labute approximate surface area is 208 Å². The van der Waals surface area contributed by atoms with Gasteiger partial charge >= 0.3 is 5.97 Å². The molecule has 2 unspecified atom stereocenters. The molecule has 2 amide bonds.